The monoisotopic (exact) mass is 342 g/mol. The van der Waals surface area contributed by atoms with Gasteiger partial charge in [-0.3, -0.25) is 14.4 Å². The fraction of sp³-hybridized carbons (Fsp3) is 0.333. The van der Waals surface area contributed by atoms with Gasteiger partial charge in [-0.2, -0.15) is 5.10 Å². The number of hydrazone groups is 1. The molecule has 132 valence electrons. The first-order chi connectivity index (χ1) is 11.9. The van der Waals surface area contributed by atoms with Crippen molar-refractivity contribution in [2.75, 3.05) is 18.1 Å². The van der Waals surface area contributed by atoms with Gasteiger partial charge >= 0.3 is 0 Å². The maximum Gasteiger partial charge on any atom is 0.267 e. The molecule has 0 fully saturated rings. The lowest BCUT2D eigenvalue weighted by molar-refractivity contribution is -0.119. The van der Waals surface area contributed by atoms with E-state index in [0.717, 1.165) is 11.1 Å². The van der Waals surface area contributed by atoms with E-state index in [1.165, 1.54) is 11.1 Å². The highest BCUT2D eigenvalue weighted by Crippen LogP contribution is 2.25. The predicted molar refractivity (Wildman–Crippen MR) is 96.3 cm³/mol. The van der Waals surface area contributed by atoms with Gasteiger partial charge < -0.3 is 10.6 Å². The summed E-state index contributed by atoms with van der Waals surface area (Å²) in [6, 6.07) is 5.76. The third-order valence-corrected chi connectivity index (χ3v) is 3.78. The fourth-order valence-electron chi connectivity index (χ4n) is 2.39. The van der Waals surface area contributed by atoms with E-state index >= 15 is 0 Å². The van der Waals surface area contributed by atoms with Crippen LogP contribution in [0.3, 0.4) is 0 Å². The molecule has 0 bridgehead atoms. The molecule has 0 saturated carbocycles. The SMILES string of the molecule is C=CC(=O)NCCNC(=O)C1=NN(c2cc(C)ccc2C)C(=O)CC1. The van der Waals surface area contributed by atoms with Crippen molar-refractivity contribution >= 4 is 29.1 Å². The molecule has 25 heavy (non-hydrogen) atoms. The number of rotatable bonds is 6. The molecule has 1 aliphatic heterocycles. The molecule has 0 saturated heterocycles. The number of carbonyl (C=O) groups excluding carboxylic acids is 3. The fourth-order valence-corrected chi connectivity index (χ4v) is 2.39. The zero-order valence-corrected chi connectivity index (χ0v) is 14.5. The van der Waals surface area contributed by atoms with E-state index < -0.39 is 0 Å². The minimum Gasteiger partial charge on any atom is -0.351 e. The Morgan fingerprint density at radius 2 is 1.96 bits per heavy atom. The number of hydrogen-bond acceptors (Lipinski definition) is 4. The number of carbonyl (C=O) groups is 3. The number of benzene rings is 1. The molecule has 0 aromatic heterocycles. The molecule has 0 atom stereocenters. The number of nitrogens with zero attached hydrogens (tertiary/aromatic N) is 2. The van der Waals surface area contributed by atoms with Crippen LogP contribution in [0.2, 0.25) is 0 Å². The number of hydrogen-bond donors (Lipinski definition) is 2. The van der Waals surface area contributed by atoms with E-state index in [2.05, 4.69) is 22.3 Å². The van der Waals surface area contributed by atoms with Crippen molar-refractivity contribution in [2.24, 2.45) is 5.10 Å². The van der Waals surface area contributed by atoms with Gasteiger partial charge in [0.2, 0.25) is 11.8 Å². The standard InChI is InChI=1S/C18H22N4O3/c1-4-16(23)19-9-10-20-18(25)14-7-8-17(24)22(21-14)15-11-12(2)5-6-13(15)3/h4-6,11H,1,7-10H2,2-3H3,(H,19,23)(H,20,25). The number of amides is 3. The molecular weight excluding hydrogens is 320 g/mol. The second-order valence-electron chi connectivity index (χ2n) is 5.79. The highest BCUT2D eigenvalue weighted by molar-refractivity contribution is 6.40. The highest BCUT2D eigenvalue weighted by Gasteiger charge is 2.26. The second-order valence-corrected chi connectivity index (χ2v) is 5.79. The van der Waals surface area contributed by atoms with Crippen LogP contribution < -0.4 is 15.6 Å². The Hall–Kier alpha value is -2.96. The van der Waals surface area contributed by atoms with Gasteiger partial charge in [-0.15, -0.1) is 0 Å². The first-order valence-electron chi connectivity index (χ1n) is 8.08. The number of nitrogens with one attached hydrogen (secondary N) is 2. The summed E-state index contributed by atoms with van der Waals surface area (Å²) in [5.41, 5.74) is 2.92. The molecule has 1 aromatic carbocycles. The summed E-state index contributed by atoms with van der Waals surface area (Å²) in [6.45, 7) is 7.75. The van der Waals surface area contributed by atoms with Crippen LogP contribution in [-0.2, 0) is 14.4 Å². The first-order valence-corrected chi connectivity index (χ1v) is 8.08. The molecule has 2 rings (SSSR count). The maximum absolute atomic E-state index is 12.2. The van der Waals surface area contributed by atoms with E-state index in [1.807, 2.05) is 32.0 Å². The lowest BCUT2D eigenvalue weighted by Crippen LogP contribution is -2.41. The lowest BCUT2D eigenvalue weighted by Gasteiger charge is -2.24. The van der Waals surface area contributed by atoms with Crippen LogP contribution >= 0.6 is 0 Å². The Bertz CT molecular complexity index is 740. The van der Waals surface area contributed by atoms with Gasteiger partial charge in [0.05, 0.1) is 5.69 Å². The molecule has 1 heterocycles. The van der Waals surface area contributed by atoms with E-state index in [-0.39, 0.29) is 30.7 Å². The van der Waals surface area contributed by atoms with Crippen molar-refractivity contribution in [3.8, 4) is 0 Å². The molecule has 7 heteroatoms. The molecule has 0 aliphatic carbocycles. The minimum atomic E-state index is -0.337. The van der Waals surface area contributed by atoms with Gasteiger partial charge in [0.15, 0.2) is 0 Å². The Labute approximate surface area is 146 Å². The van der Waals surface area contributed by atoms with E-state index in [4.69, 9.17) is 0 Å². The molecular formula is C18H22N4O3. The van der Waals surface area contributed by atoms with Crippen LogP contribution in [0.15, 0.2) is 36.0 Å². The summed E-state index contributed by atoms with van der Waals surface area (Å²) in [6.07, 6.45) is 1.69. The lowest BCUT2D eigenvalue weighted by atomic mass is 10.1. The predicted octanol–water partition coefficient (Wildman–Crippen LogP) is 1.20. The average Bonchev–Trinajstić information content (AvgIpc) is 2.60. The zero-order chi connectivity index (χ0) is 18.4. The minimum absolute atomic E-state index is 0.136. The van der Waals surface area contributed by atoms with Gasteiger partial charge in [-0.05, 0) is 37.1 Å². The van der Waals surface area contributed by atoms with Gasteiger partial charge in [-0.1, -0.05) is 18.7 Å². The van der Waals surface area contributed by atoms with Crippen LogP contribution in [0, 0.1) is 13.8 Å². The molecule has 0 unspecified atom stereocenters. The largest absolute Gasteiger partial charge is 0.351 e. The van der Waals surface area contributed by atoms with Crippen LogP contribution in [0.5, 0.6) is 0 Å². The van der Waals surface area contributed by atoms with E-state index in [9.17, 15) is 14.4 Å². The highest BCUT2D eigenvalue weighted by atomic mass is 16.2. The molecule has 3 amide bonds. The smallest absolute Gasteiger partial charge is 0.267 e. The zero-order valence-electron chi connectivity index (χ0n) is 14.5. The summed E-state index contributed by atoms with van der Waals surface area (Å²) in [4.78, 5) is 35.5. The summed E-state index contributed by atoms with van der Waals surface area (Å²) < 4.78 is 0. The van der Waals surface area contributed by atoms with Crippen molar-refractivity contribution < 1.29 is 14.4 Å². The van der Waals surface area contributed by atoms with Crippen molar-refractivity contribution in [1.82, 2.24) is 10.6 Å². The van der Waals surface area contributed by atoms with Crippen LogP contribution in [0.4, 0.5) is 5.69 Å². The van der Waals surface area contributed by atoms with Gasteiger partial charge in [-0.25, -0.2) is 5.01 Å². The van der Waals surface area contributed by atoms with Gasteiger partial charge in [0.25, 0.3) is 5.91 Å². The maximum atomic E-state index is 12.2. The Balaban J connectivity index is 2.07. The van der Waals surface area contributed by atoms with Crippen molar-refractivity contribution in [2.45, 2.75) is 26.7 Å². The van der Waals surface area contributed by atoms with Gasteiger partial charge in [0, 0.05) is 25.9 Å². The summed E-state index contributed by atoms with van der Waals surface area (Å²) in [5.74, 6) is -0.768. The Morgan fingerprint density at radius 1 is 1.24 bits per heavy atom. The number of anilines is 1. The molecule has 0 spiro atoms. The van der Waals surface area contributed by atoms with Crippen LogP contribution in [-0.4, -0.2) is 36.5 Å². The van der Waals surface area contributed by atoms with E-state index in [0.29, 0.717) is 24.4 Å². The molecule has 7 nitrogen and oxygen atoms in total. The van der Waals surface area contributed by atoms with Crippen molar-refractivity contribution in [3.05, 3.63) is 42.0 Å². The third kappa shape index (κ3) is 4.76. The van der Waals surface area contributed by atoms with Crippen molar-refractivity contribution in [1.29, 1.82) is 0 Å². The molecule has 2 N–H and O–H groups in total. The second kappa shape index (κ2) is 8.23. The normalized spacial score (nSPS) is 13.9. The molecule has 0 radical (unpaired) electrons. The summed E-state index contributed by atoms with van der Waals surface area (Å²) in [5, 5.41) is 10.8. The third-order valence-electron chi connectivity index (χ3n) is 3.78. The van der Waals surface area contributed by atoms with Gasteiger partial charge in [0.1, 0.15) is 5.71 Å². The Morgan fingerprint density at radius 3 is 2.68 bits per heavy atom. The summed E-state index contributed by atoms with van der Waals surface area (Å²) in [7, 11) is 0. The molecule has 1 aliphatic rings. The quantitative estimate of drug-likeness (QED) is 0.601. The van der Waals surface area contributed by atoms with E-state index in [1.54, 1.807) is 0 Å². The van der Waals surface area contributed by atoms with Crippen LogP contribution in [0.25, 0.3) is 0 Å². The van der Waals surface area contributed by atoms with Crippen LogP contribution in [0.1, 0.15) is 24.0 Å². The average molecular weight is 342 g/mol. The molecule has 1 aromatic rings. The number of aryl methyl sites for hydroxylation is 2. The van der Waals surface area contributed by atoms with Crippen molar-refractivity contribution in [3.63, 3.8) is 0 Å². The first kappa shape index (κ1) is 18.4. The summed E-state index contributed by atoms with van der Waals surface area (Å²) >= 11 is 0. The topological polar surface area (TPSA) is 90.9 Å². The Kier molecular flexibility index (Phi) is 6.05.